The molecule has 198 valence electrons. The van der Waals surface area contributed by atoms with Crippen LogP contribution in [0.15, 0.2) is 59.6 Å². The lowest BCUT2D eigenvalue weighted by Crippen LogP contribution is -2.47. The van der Waals surface area contributed by atoms with Gasteiger partial charge in [-0.1, -0.05) is 13.0 Å². The predicted octanol–water partition coefficient (Wildman–Crippen LogP) is 4.87. The van der Waals surface area contributed by atoms with Gasteiger partial charge in [-0.3, -0.25) is 0 Å². The third kappa shape index (κ3) is 6.97. The summed E-state index contributed by atoms with van der Waals surface area (Å²) in [6.45, 7) is 10.5. The zero-order chi connectivity index (χ0) is 26.8. The maximum absolute atomic E-state index is 12.7. The van der Waals surface area contributed by atoms with E-state index in [-0.39, 0.29) is 11.1 Å². The Kier molecular flexibility index (Phi) is 7.72. The zero-order valence-corrected chi connectivity index (χ0v) is 22.9. The van der Waals surface area contributed by atoms with Crippen molar-refractivity contribution >= 4 is 38.9 Å². The van der Waals surface area contributed by atoms with Crippen molar-refractivity contribution in [2.45, 2.75) is 64.1 Å². The summed E-state index contributed by atoms with van der Waals surface area (Å²) >= 11 is 0. The smallest absolute Gasteiger partial charge is 0.241 e. The Balaban J connectivity index is 1.48. The van der Waals surface area contributed by atoms with E-state index >= 15 is 0 Å². The maximum atomic E-state index is 12.7. The molecular weight excluding hydrogens is 486 g/mol. The molecule has 1 aromatic heterocycles. The number of hydrogen-bond donors (Lipinski definition) is 4. The standard InChI is InChI=1S/C27H37N7O2S/c1-18-13-14-34(24(28)15-18)22-11-9-20(10-12-22)31-26-29-17-19(2)25(32-26)30-21-7-6-8-23(16-21)37(35,36)33-27(3,4)5/h6-12,16-18,24,33H,13-15,28H2,1-5H3,(H2,29,30,31,32). The second kappa shape index (κ2) is 10.6. The van der Waals surface area contributed by atoms with E-state index in [2.05, 4.69) is 49.3 Å². The van der Waals surface area contributed by atoms with Crippen LogP contribution in [-0.4, -0.2) is 36.6 Å². The van der Waals surface area contributed by atoms with Gasteiger partial charge < -0.3 is 21.3 Å². The SMILES string of the molecule is Cc1cnc(Nc2ccc(N3CCC(C)CC3N)cc2)nc1Nc1cccc(S(=O)(=O)NC(C)(C)C)c1. The number of benzene rings is 2. The first-order chi connectivity index (χ1) is 17.4. The van der Waals surface area contributed by atoms with Crippen LogP contribution in [0.25, 0.3) is 0 Å². The first-order valence-corrected chi connectivity index (χ1v) is 14.0. The van der Waals surface area contributed by atoms with Crippen LogP contribution in [0.4, 0.5) is 28.8 Å². The summed E-state index contributed by atoms with van der Waals surface area (Å²) < 4.78 is 28.2. The molecule has 0 aliphatic carbocycles. The van der Waals surface area contributed by atoms with Gasteiger partial charge in [0.25, 0.3) is 0 Å². The molecule has 0 amide bonds. The van der Waals surface area contributed by atoms with Gasteiger partial charge >= 0.3 is 0 Å². The molecule has 2 atom stereocenters. The predicted molar refractivity (Wildman–Crippen MR) is 150 cm³/mol. The van der Waals surface area contributed by atoms with Crippen molar-refractivity contribution in [2.75, 3.05) is 22.1 Å². The summed E-state index contributed by atoms with van der Waals surface area (Å²) in [4.78, 5) is 11.5. The van der Waals surface area contributed by atoms with E-state index in [1.54, 1.807) is 30.5 Å². The van der Waals surface area contributed by atoms with E-state index in [4.69, 9.17) is 5.73 Å². The lowest BCUT2D eigenvalue weighted by atomic mass is 9.96. The van der Waals surface area contributed by atoms with E-state index in [0.717, 1.165) is 36.3 Å². The molecule has 10 heteroatoms. The van der Waals surface area contributed by atoms with Gasteiger partial charge in [-0.2, -0.15) is 4.98 Å². The summed E-state index contributed by atoms with van der Waals surface area (Å²) in [5.41, 5.74) is 9.19. The second-order valence-electron chi connectivity index (χ2n) is 10.8. The number of rotatable bonds is 7. The average Bonchev–Trinajstić information content (AvgIpc) is 2.81. The molecule has 4 rings (SSSR count). The van der Waals surface area contributed by atoms with Crippen LogP contribution in [0, 0.1) is 12.8 Å². The molecule has 3 aromatic rings. The van der Waals surface area contributed by atoms with Crippen molar-refractivity contribution in [2.24, 2.45) is 11.7 Å². The summed E-state index contributed by atoms with van der Waals surface area (Å²) in [7, 11) is -3.66. The van der Waals surface area contributed by atoms with Crippen LogP contribution in [0.2, 0.25) is 0 Å². The van der Waals surface area contributed by atoms with Gasteiger partial charge in [0.2, 0.25) is 16.0 Å². The Bertz CT molecular complexity index is 1340. The Morgan fingerprint density at radius 1 is 1.05 bits per heavy atom. The monoisotopic (exact) mass is 523 g/mol. The molecule has 0 saturated carbocycles. The summed E-state index contributed by atoms with van der Waals surface area (Å²) in [6.07, 6.45) is 3.90. The number of nitrogens with one attached hydrogen (secondary N) is 3. The highest BCUT2D eigenvalue weighted by molar-refractivity contribution is 7.89. The highest BCUT2D eigenvalue weighted by atomic mass is 32.2. The third-order valence-electron chi connectivity index (χ3n) is 6.18. The van der Waals surface area contributed by atoms with E-state index < -0.39 is 15.6 Å². The molecule has 2 heterocycles. The molecule has 0 bridgehead atoms. The van der Waals surface area contributed by atoms with Gasteiger partial charge in [-0.15, -0.1) is 0 Å². The zero-order valence-electron chi connectivity index (χ0n) is 22.1. The summed E-state index contributed by atoms with van der Waals surface area (Å²) in [5.74, 6) is 1.67. The van der Waals surface area contributed by atoms with E-state index in [0.29, 0.717) is 23.4 Å². The normalized spacial score (nSPS) is 18.5. The molecule has 2 aromatic carbocycles. The third-order valence-corrected chi connectivity index (χ3v) is 7.94. The van der Waals surface area contributed by atoms with Crippen molar-refractivity contribution in [1.29, 1.82) is 0 Å². The molecule has 0 radical (unpaired) electrons. The van der Waals surface area contributed by atoms with Crippen molar-refractivity contribution in [3.8, 4) is 0 Å². The fourth-order valence-corrected chi connectivity index (χ4v) is 5.80. The first kappa shape index (κ1) is 26.8. The van der Waals surface area contributed by atoms with Gasteiger partial charge in [0.05, 0.1) is 11.1 Å². The van der Waals surface area contributed by atoms with E-state index in [1.165, 1.54) is 0 Å². The fraction of sp³-hybridized carbons (Fsp3) is 0.407. The van der Waals surface area contributed by atoms with Crippen LogP contribution in [0.5, 0.6) is 0 Å². The maximum Gasteiger partial charge on any atom is 0.241 e. The topological polar surface area (TPSA) is 125 Å². The van der Waals surface area contributed by atoms with Crippen molar-refractivity contribution in [1.82, 2.24) is 14.7 Å². The molecule has 1 aliphatic heterocycles. The fourth-order valence-electron chi connectivity index (χ4n) is 4.34. The van der Waals surface area contributed by atoms with Crippen LogP contribution in [0.3, 0.4) is 0 Å². The Morgan fingerprint density at radius 3 is 2.46 bits per heavy atom. The number of hydrogen-bond acceptors (Lipinski definition) is 8. The molecule has 1 fully saturated rings. The largest absolute Gasteiger partial charge is 0.356 e. The van der Waals surface area contributed by atoms with Crippen LogP contribution in [0.1, 0.15) is 46.1 Å². The highest BCUT2D eigenvalue weighted by Gasteiger charge is 2.24. The summed E-state index contributed by atoms with van der Waals surface area (Å²) in [6, 6.07) is 14.8. The highest BCUT2D eigenvalue weighted by Crippen LogP contribution is 2.28. The number of aromatic nitrogens is 2. The van der Waals surface area contributed by atoms with Crippen LogP contribution >= 0.6 is 0 Å². The Hall–Kier alpha value is -3.21. The Morgan fingerprint density at radius 2 is 1.78 bits per heavy atom. The second-order valence-corrected chi connectivity index (χ2v) is 12.5. The Labute approximate surface area is 220 Å². The molecular formula is C27H37N7O2S. The lowest BCUT2D eigenvalue weighted by molar-refractivity contribution is 0.368. The van der Waals surface area contributed by atoms with Gasteiger partial charge in [0.15, 0.2) is 0 Å². The number of sulfonamides is 1. The van der Waals surface area contributed by atoms with Crippen molar-refractivity contribution < 1.29 is 8.42 Å². The molecule has 37 heavy (non-hydrogen) atoms. The lowest BCUT2D eigenvalue weighted by Gasteiger charge is -2.38. The molecule has 9 nitrogen and oxygen atoms in total. The minimum atomic E-state index is -3.66. The van der Waals surface area contributed by atoms with Crippen LogP contribution in [-0.2, 0) is 10.0 Å². The molecule has 1 saturated heterocycles. The summed E-state index contributed by atoms with van der Waals surface area (Å²) in [5, 5.41) is 6.48. The van der Waals surface area contributed by atoms with Gasteiger partial charge in [-0.05, 0) is 88.9 Å². The van der Waals surface area contributed by atoms with Crippen molar-refractivity contribution in [3.63, 3.8) is 0 Å². The quantitative estimate of drug-likeness (QED) is 0.346. The average molecular weight is 524 g/mol. The number of nitrogens with two attached hydrogens (primary N) is 1. The number of aryl methyl sites for hydroxylation is 1. The van der Waals surface area contributed by atoms with Crippen LogP contribution < -0.4 is 26.0 Å². The molecule has 5 N–H and O–H groups in total. The first-order valence-electron chi connectivity index (χ1n) is 12.5. The number of piperidine rings is 1. The van der Waals surface area contributed by atoms with Gasteiger partial charge in [-0.25, -0.2) is 18.1 Å². The van der Waals surface area contributed by atoms with E-state index in [1.807, 2.05) is 39.8 Å². The van der Waals surface area contributed by atoms with Gasteiger partial charge in [0.1, 0.15) is 5.82 Å². The van der Waals surface area contributed by atoms with E-state index in [9.17, 15) is 8.42 Å². The number of nitrogens with zero attached hydrogens (tertiary/aromatic N) is 3. The number of anilines is 5. The molecule has 2 unspecified atom stereocenters. The molecule has 1 aliphatic rings. The molecule has 0 spiro atoms. The minimum absolute atomic E-state index is 0.0364. The minimum Gasteiger partial charge on any atom is -0.356 e. The van der Waals surface area contributed by atoms with Gasteiger partial charge in [0, 0.05) is 40.9 Å². The van der Waals surface area contributed by atoms with Crippen molar-refractivity contribution in [3.05, 3.63) is 60.3 Å².